The van der Waals surface area contributed by atoms with Crippen LogP contribution in [-0.4, -0.2) is 37.1 Å². The molecule has 0 radical (unpaired) electrons. The van der Waals surface area contributed by atoms with E-state index in [4.69, 9.17) is 0 Å². The molecule has 3 rings (SSSR count). The highest BCUT2D eigenvalue weighted by Crippen LogP contribution is 2.25. The number of nitrogens with one attached hydrogen (secondary N) is 2. The van der Waals surface area contributed by atoms with Crippen molar-refractivity contribution in [3.63, 3.8) is 0 Å². The zero-order chi connectivity index (χ0) is 20.1. The summed E-state index contributed by atoms with van der Waals surface area (Å²) in [6.45, 7) is 9.89. The van der Waals surface area contributed by atoms with Crippen LogP contribution in [0.15, 0.2) is 23.2 Å². The second-order valence-electron chi connectivity index (χ2n) is 7.02. The van der Waals surface area contributed by atoms with Gasteiger partial charge < -0.3 is 15.5 Å². The van der Waals surface area contributed by atoms with Crippen LogP contribution in [0.5, 0.6) is 0 Å². The Kier molecular flexibility index (Phi) is 6.83. The summed E-state index contributed by atoms with van der Waals surface area (Å²) in [6, 6.07) is 4.10. The molecule has 1 unspecified atom stereocenters. The Bertz CT molecular complexity index is 836. The molecule has 28 heavy (non-hydrogen) atoms. The van der Waals surface area contributed by atoms with Gasteiger partial charge in [-0.2, -0.15) is 0 Å². The van der Waals surface area contributed by atoms with Crippen molar-refractivity contribution in [2.45, 2.75) is 33.7 Å². The molecule has 2 heterocycles. The van der Waals surface area contributed by atoms with E-state index in [-0.39, 0.29) is 0 Å². The maximum atomic E-state index is 13.5. The Labute approximate surface area is 168 Å². The number of nitrogens with zero attached hydrogens (tertiary/aromatic N) is 3. The first-order valence-corrected chi connectivity index (χ1v) is 10.4. The predicted octanol–water partition coefficient (Wildman–Crippen LogP) is 3.62. The lowest BCUT2D eigenvalue weighted by Crippen LogP contribution is -2.40. The van der Waals surface area contributed by atoms with Gasteiger partial charge in [0, 0.05) is 42.8 Å². The summed E-state index contributed by atoms with van der Waals surface area (Å²) < 4.78 is 26.6. The van der Waals surface area contributed by atoms with Crippen LogP contribution < -0.4 is 15.5 Å². The number of aromatic nitrogens is 1. The second kappa shape index (κ2) is 9.32. The molecule has 0 bridgehead atoms. The fraction of sp³-hybridized carbons (Fsp3) is 0.500. The molecule has 1 saturated heterocycles. The minimum absolute atomic E-state index is 0.421. The summed E-state index contributed by atoms with van der Waals surface area (Å²) in [7, 11) is 0. The van der Waals surface area contributed by atoms with E-state index >= 15 is 0 Å². The largest absolute Gasteiger partial charge is 0.371 e. The first-order valence-electron chi connectivity index (χ1n) is 9.61. The Balaban J connectivity index is 1.54. The summed E-state index contributed by atoms with van der Waals surface area (Å²) in [5.41, 5.74) is 1.78. The minimum atomic E-state index is -0.806. The van der Waals surface area contributed by atoms with Gasteiger partial charge in [-0.25, -0.2) is 18.8 Å². The van der Waals surface area contributed by atoms with Gasteiger partial charge in [0.05, 0.1) is 17.2 Å². The Morgan fingerprint density at radius 2 is 2.11 bits per heavy atom. The number of hydrogen-bond acceptors (Lipinski definition) is 4. The number of aryl methyl sites for hydroxylation is 2. The molecule has 5 nitrogen and oxygen atoms in total. The van der Waals surface area contributed by atoms with Gasteiger partial charge in [-0.05, 0) is 45.2 Å². The molecule has 1 aromatic heterocycles. The molecule has 1 aromatic carbocycles. The lowest BCUT2D eigenvalue weighted by molar-refractivity contribution is 0.508. The van der Waals surface area contributed by atoms with Crippen LogP contribution in [0.2, 0.25) is 0 Å². The molecule has 0 spiro atoms. The number of aliphatic imine (C=N–C) groups is 1. The van der Waals surface area contributed by atoms with Crippen molar-refractivity contribution in [1.82, 2.24) is 15.6 Å². The molecule has 0 aliphatic carbocycles. The molecule has 152 valence electrons. The molecule has 2 N–H and O–H groups in total. The number of thiazole rings is 1. The topological polar surface area (TPSA) is 52.6 Å². The summed E-state index contributed by atoms with van der Waals surface area (Å²) in [5, 5.41) is 7.75. The van der Waals surface area contributed by atoms with E-state index in [9.17, 15) is 8.78 Å². The molecule has 1 aliphatic heterocycles. The number of benzene rings is 1. The first-order chi connectivity index (χ1) is 13.5. The van der Waals surface area contributed by atoms with Gasteiger partial charge in [0.25, 0.3) is 0 Å². The number of anilines is 1. The fourth-order valence-corrected chi connectivity index (χ4v) is 4.23. The average Bonchev–Trinajstić information content (AvgIpc) is 3.26. The predicted molar refractivity (Wildman–Crippen MR) is 111 cm³/mol. The van der Waals surface area contributed by atoms with Crippen molar-refractivity contribution >= 4 is 23.0 Å². The van der Waals surface area contributed by atoms with Crippen LogP contribution >= 0.6 is 11.3 Å². The third kappa shape index (κ3) is 5.19. The molecule has 1 aliphatic rings. The lowest BCUT2D eigenvalue weighted by atomic mass is 10.1. The van der Waals surface area contributed by atoms with Gasteiger partial charge in [-0.3, -0.25) is 0 Å². The number of guanidine groups is 1. The normalized spacial score (nSPS) is 17.2. The summed E-state index contributed by atoms with van der Waals surface area (Å²) in [4.78, 5) is 12.4. The first kappa shape index (κ1) is 20.5. The van der Waals surface area contributed by atoms with E-state index in [1.807, 2.05) is 20.8 Å². The molecular formula is C20H27F2N5S. The van der Waals surface area contributed by atoms with Crippen molar-refractivity contribution in [1.29, 1.82) is 0 Å². The standard InChI is InChI=1S/C20H27F2N5S/c1-4-23-20(25-11-19-13(2)26-14(3)28-19)24-10-15-7-8-27(12-15)16-5-6-17(21)18(22)9-16/h5-6,9,15H,4,7-8,10-12H2,1-3H3,(H2,23,24,25). The van der Waals surface area contributed by atoms with Crippen molar-refractivity contribution < 1.29 is 8.78 Å². The molecule has 8 heteroatoms. The number of halogens is 2. The van der Waals surface area contributed by atoms with Crippen LogP contribution in [0, 0.1) is 31.4 Å². The maximum Gasteiger partial charge on any atom is 0.191 e. The fourth-order valence-electron chi connectivity index (χ4n) is 3.37. The monoisotopic (exact) mass is 407 g/mol. The lowest BCUT2D eigenvalue weighted by Gasteiger charge is -2.19. The van der Waals surface area contributed by atoms with E-state index in [1.54, 1.807) is 17.4 Å². The third-order valence-corrected chi connectivity index (χ3v) is 5.89. The minimum Gasteiger partial charge on any atom is -0.371 e. The zero-order valence-corrected chi connectivity index (χ0v) is 17.4. The average molecular weight is 408 g/mol. The van der Waals surface area contributed by atoms with Gasteiger partial charge in [-0.1, -0.05) is 0 Å². The van der Waals surface area contributed by atoms with Gasteiger partial charge in [0.2, 0.25) is 0 Å². The third-order valence-electron chi connectivity index (χ3n) is 4.84. The summed E-state index contributed by atoms with van der Waals surface area (Å²) in [5.74, 6) is -0.392. The molecule has 1 atom stereocenters. The van der Waals surface area contributed by atoms with Crippen LogP contribution in [0.25, 0.3) is 0 Å². The van der Waals surface area contributed by atoms with Crippen LogP contribution in [0.1, 0.15) is 28.9 Å². The summed E-state index contributed by atoms with van der Waals surface area (Å²) in [6.07, 6.45) is 0.999. The molecule has 2 aromatic rings. The van der Waals surface area contributed by atoms with Gasteiger partial charge in [-0.15, -0.1) is 11.3 Å². The van der Waals surface area contributed by atoms with Crippen LogP contribution in [0.4, 0.5) is 14.5 Å². The highest BCUT2D eigenvalue weighted by atomic mass is 32.1. The quantitative estimate of drug-likeness (QED) is 0.567. The van der Waals surface area contributed by atoms with Crippen molar-refractivity contribution in [2.75, 3.05) is 31.1 Å². The zero-order valence-electron chi connectivity index (χ0n) is 16.6. The van der Waals surface area contributed by atoms with Gasteiger partial charge >= 0.3 is 0 Å². The highest BCUT2D eigenvalue weighted by molar-refractivity contribution is 7.11. The van der Waals surface area contributed by atoms with Crippen LogP contribution in [0.3, 0.4) is 0 Å². The van der Waals surface area contributed by atoms with Crippen molar-refractivity contribution in [2.24, 2.45) is 10.9 Å². The van der Waals surface area contributed by atoms with Gasteiger partial charge in [0.15, 0.2) is 17.6 Å². The molecule has 0 saturated carbocycles. The molecule has 0 amide bonds. The SMILES string of the molecule is CCNC(=NCc1sc(C)nc1C)NCC1CCN(c2ccc(F)c(F)c2)C1. The van der Waals surface area contributed by atoms with E-state index in [2.05, 4.69) is 25.5 Å². The molecular weight excluding hydrogens is 380 g/mol. The Morgan fingerprint density at radius 1 is 1.29 bits per heavy atom. The van der Waals surface area contributed by atoms with Crippen molar-refractivity contribution in [3.8, 4) is 0 Å². The van der Waals surface area contributed by atoms with Crippen LogP contribution in [-0.2, 0) is 6.54 Å². The van der Waals surface area contributed by atoms with Crippen molar-refractivity contribution in [3.05, 3.63) is 45.4 Å². The second-order valence-corrected chi connectivity index (χ2v) is 8.30. The van der Waals surface area contributed by atoms with E-state index in [0.717, 1.165) is 54.9 Å². The van der Waals surface area contributed by atoms with E-state index < -0.39 is 11.6 Å². The summed E-state index contributed by atoms with van der Waals surface area (Å²) >= 11 is 1.68. The van der Waals surface area contributed by atoms with E-state index in [0.29, 0.717) is 12.5 Å². The van der Waals surface area contributed by atoms with E-state index in [1.165, 1.54) is 17.0 Å². The Morgan fingerprint density at radius 3 is 2.79 bits per heavy atom. The maximum absolute atomic E-state index is 13.5. The van der Waals surface area contributed by atoms with Gasteiger partial charge in [0.1, 0.15) is 0 Å². The molecule has 1 fully saturated rings. The number of rotatable bonds is 6. The number of hydrogen-bond donors (Lipinski definition) is 2. The smallest absolute Gasteiger partial charge is 0.191 e. The Hall–Kier alpha value is -2.22. The highest BCUT2D eigenvalue weighted by Gasteiger charge is 2.23.